The molecule has 1 aliphatic rings. The Morgan fingerprint density at radius 2 is 1.76 bits per heavy atom. The summed E-state index contributed by atoms with van der Waals surface area (Å²) in [5.74, 6) is -0.0673. The first-order chi connectivity index (χ1) is 10.1. The Morgan fingerprint density at radius 3 is 2.38 bits per heavy atom. The van der Waals surface area contributed by atoms with Gasteiger partial charge in [-0.3, -0.25) is 9.59 Å². The van der Waals surface area contributed by atoms with Crippen molar-refractivity contribution >= 4 is 29.1 Å². The molecule has 21 heavy (non-hydrogen) atoms. The van der Waals surface area contributed by atoms with Gasteiger partial charge in [0.1, 0.15) is 5.75 Å². The average molecular weight is 302 g/mol. The van der Waals surface area contributed by atoms with E-state index in [9.17, 15) is 9.59 Å². The van der Waals surface area contributed by atoms with E-state index < -0.39 is 5.91 Å². The number of fused-ring (bicyclic) bond motifs is 1. The third-order valence-corrected chi connectivity index (χ3v) is 3.58. The van der Waals surface area contributed by atoms with Gasteiger partial charge in [0.2, 0.25) is 0 Å². The van der Waals surface area contributed by atoms with Crippen molar-refractivity contribution in [2.24, 2.45) is 0 Å². The number of anilines is 1. The molecule has 0 unspecified atom stereocenters. The molecule has 2 amide bonds. The first-order valence-electron chi connectivity index (χ1n) is 6.53. The summed E-state index contributed by atoms with van der Waals surface area (Å²) in [6, 6.07) is 11.7. The van der Waals surface area contributed by atoms with Crippen LogP contribution in [-0.2, 0) is 0 Å². The van der Waals surface area contributed by atoms with Crippen molar-refractivity contribution in [3.63, 3.8) is 0 Å². The molecule has 2 aromatic rings. The molecule has 0 spiro atoms. The van der Waals surface area contributed by atoms with Crippen LogP contribution in [0.4, 0.5) is 5.69 Å². The number of ether oxygens (including phenoxy) is 1. The minimum absolute atomic E-state index is 0.262. The molecule has 106 valence electrons. The van der Waals surface area contributed by atoms with Gasteiger partial charge < -0.3 is 4.74 Å². The smallest absolute Gasteiger partial charge is 0.267 e. The normalized spacial score (nSPS) is 13.5. The Kier molecular flexibility index (Phi) is 3.39. The highest BCUT2D eigenvalue weighted by Crippen LogP contribution is 2.33. The van der Waals surface area contributed by atoms with E-state index in [2.05, 4.69) is 0 Å². The fourth-order valence-corrected chi connectivity index (χ4v) is 2.59. The number of imide groups is 1. The van der Waals surface area contributed by atoms with E-state index in [1.165, 1.54) is 0 Å². The van der Waals surface area contributed by atoms with Crippen LogP contribution in [0.5, 0.6) is 5.75 Å². The standard InChI is InChI=1S/C16H12ClNO3/c1-2-21-11-8-6-10(7-9-11)18-15(19)12-4-3-5-13(17)14(12)16(18)20/h3-9H,2H2,1H3. The molecule has 0 N–H and O–H groups in total. The fourth-order valence-electron chi connectivity index (χ4n) is 2.34. The number of carbonyl (C=O) groups excluding carboxylic acids is 2. The largest absolute Gasteiger partial charge is 0.494 e. The van der Waals surface area contributed by atoms with Crippen LogP contribution in [-0.4, -0.2) is 18.4 Å². The van der Waals surface area contributed by atoms with E-state index in [4.69, 9.17) is 16.3 Å². The number of nitrogens with zero attached hydrogens (tertiary/aromatic N) is 1. The number of hydrogen-bond donors (Lipinski definition) is 0. The highest BCUT2D eigenvalue weighted by Gasteiger charge is 2.38. The van der Waals surface area contributed by atoms with Gasteiger partial charge in [0.05, 0.1) is 28.4 Å². The Morgan fingerprint density at radius 1 is 1.05 bits per heavy atom. The molecule has 5 heteroatoms. The fraction of sp³-hybridized carbons (Fsp3) is 0.125. The summed E-state index contributed by atoms with van der Waals surface area (Å²) in [6.45, 7) is 2.45. The molecule has 0 radical (unpaired) electrons. The summed E-state index contributed by atoms with van der Waals surface area (Å²) in [6.07, 6.45) is 0. The molecular formula is C16H12ClNO3. The second kappa shape index (κ2) is 5.22. The van der Waals surface area contributed by atoms with E-state index in [-0.39, 0.29) is 11.5 Å². The summed E-state index contributed by atoms with van der Waals surface area (Å²) in [5, 5.41) is 0.291. The van der Waals surface area contributed by atoms with Crippen molar-refractivity contribution in [1.82, 2.24) is 0 Å². The quantitative estimate of drug-likeness (QED) is 0.815. The van der Waals surface area contributed by atoms with Gasteiger partial charge in [-0.05, 0) is 43.3 Å². The Labute approximate surface area is 126 Å². The van der Waals surface area contributed by atoms with Crippen LogP contribution in [0.25, 0.3) is 0 Å². The second-order valence-electron chi connectivity index (χ2n) is 4.54. The summed E-state index contributed by atoms with van der Waals surface area (Å²) >= 11 is 6.03. The van der Waals surface area contributed by atoms with E-state index in [0.29, 0.717) is 28.6 Å². The second-order valence-corrected chi connectivity index (χ2v) is 4.94. The predicted molar refractivity (Wildman–Crippen MR) is 80.2 cm³/mol. The lowest BCUT2D eigenvalue weighted by Gasteiger charge is -2.14. The summed E-state index contributed by atoms with van der Waals surface area (Å²) in [4.78, 5) is 25.9. The topological polar surface area (TPSA) is 46.6 Å². The van der Waals surface area contributed by atoms with Gasteiger partial charge in [0.15, 0.2) is 0 Å². The molecule has 1 aliphatic heterocycles. The number of amides is 2. The zero-order valence-corrected chi connectivity index (χ0v) is 12.1. The van der Waals surface area contributed by atoms with Gasteiger partial charge in [-0.1, -0.05) is 17.7 Å². The number of hydrogen-bond acceptors (Lipinski definition) is 3. The maximum absolute atomic E-state index is 12.4. The van der Waals surface area contributed by atoms with Crippen LogP contribution in [0.2, 0.25) is 5.02 Å². The van der Waals surface area contributed by atoms with Gasteiger partial charge in [-0.2, -0.15) is 0 Å². The molecule has 4 nitrogen and oxygen atoms in total. The van der Waals surface area contributed by atoms with Gasteiger partial charge in [-0.15, -0.1) is 0 Å². The van der Waals surface area contributed by atoms with Crippen molar-refractivity contribution in [2.45, 2.75) is 6.92 Å². The summed E-state index contributed by atoms with van der Waals surface area (Å²) < 4.78 is 5.35. The van der Waals surface area contributed by atoms with E-state index in [1.54, 1.807) is 42.5 Å². The number of carbonyl (C=O) groups is 2. The highest BCUT2D eigenvalue weighted by atomic mass is 35.5. The SMILES string of the molecule is CCOc1ccc(N2C(=O)c3cccc(Cl)c3C2=O)cc1. The molecule has 0 saturated carbocycles. The average Bonchev–Trinajstić information content (AvgIpc) is 2.74. The number of rotatable bonds is 3. The van der Waals surface area contributed by atoms with Crippen molar-refractivity contribution < 1.29 is 14.3 Å². The minimum atomic E-state index is -0.398. The van der Waals surface area contributed by atoms with Crippen LogP contribution in [0.3, 0.4) is 0 Å². The lowest BCUT2D eigenvalue weighted by Crippen LogP contribution is -2.29. The highest BCUT2D eigenvalue weighted by molar-refractivity contribution is 6.42. The molecule has 0 atom stereocenters. The van der Waals surface area contributed by atoms with Crippen LogP contribution in [0, 0.1) is 0 Å². The first kappa shape index (κ1) is 13.6. The molecule has 0 aromatic heterocycles. The molecule has 0 saturated heterocycles. The van der Waals surface area contributed by atoms with Gasteiger partial charge in [-0.25, -0.2) is 4.90 Å². The zero-order chi connectivity index (χ0) is 15.0. The lowest BCUT2D eigenvalue weighted by atomic mass is 10.1. The maximum Gasteiger partial charge on any atom is 0.267 e. The minimum Gasteiger partial charge on any atom is -0.494 e. The van der Waals surface area contributed by atoms with Crippen LogP contribution < -0.4 is 9.64 Å². The Hall–Kier alpha value is -2.33. The molecule has 2 aromatic carbocycles. The van der Waals surface area contributed by atoms with Crippen molar-refractivity contribution in [3.05, 3.63) is 58.6 Å². The number of benzene rings is 2. The monoisotopic (exact) mass is 301 g/mol. The molecule has 1 heterocycles. The van der Waals surface area contributed by atoms with Crippen LogP contribution >= 0.6 is 11.6 Å². The summed E-state index contributed by atoms with van der Waals surface area (Å²) in [5.41, 5.74) is 1.10. The molecule has 0 fully saturated rings. The van der Waals surface area contributed by atoms with Gasteiger partial charge in [0.25, 0.3) is 11.8 Å². The van der Waals surface area contributed by atoms with Crippen molar-refractivity contribution in [1.29, 1.82) is 0 Å². The Bertz CT molecular complexity index is 725. The Balaban J connectivity index is 2.00. The summed E-state index contributed by atoms with van der Waals surface area (Å²) in [7, 11) is 0. The van der Waals surface area contributed by atoms with Crippen LogP contribution in [0.1, 0.15) is 27.6 Å². The maximum atomic E-state index is 12.4. The zero-order valence-electron chi connectivity index (χ0n) is 11.3. The predicted octanol–water partition coefficient (Wildman–Crippen LogP) is 3.54. The van der Waals surface area contributed by atoms with Crippen LogP contribution in [0.15, 0.2) is 42.5 Å². The molecule has 3 rings (SSSR count). The van der Waals surface area contributed by atoms with Gasteiger partial charge >= 0.3 is 0 Å². The molecule has 0 aliphatic carbocycles. The van der Waals surface area contributed by atoms with Crippen molar-refractivity contribution in [2.75, 3.05) is 11.5 Å². The number of halogens is 1. The lowest BCUT2D eigenvalue weighted by molar-refractivity contribution is 0.0926. The van der Waals surface area contributed by atoms with E-state index in [1.807, 2.05) is 6.92 Å². The third-order valence-electron chi connectivity index (χ3n) is 3.27. The van der Waals surface area contributed by atoms with E-state index in [0.717, 1.165) is 4.90 Å². The van der Waals surface area contributed by atoms with Crippen molar-refractivity contribution in [3.8, 4) is 5.75 Å². The molecular weight excluding hydrogens is 290 g/mol. The molecule has 0 bridgehead atoms. The van der Waals surface area contributed by atoms with E-state index >= 15 is 0 Å². The van der Waals surface area contributed by atoms with Gasteiger partial charge in [0, 0.05) is 0 Å². The first-order valence-corrected chi connectivity index (χ1v) is 6.91. The third kappa shape index (κ3) is 2.17.